The predicted octanol–water partition coefficient (Wildman–Crippen LogP) is 5.16. The maximum atomic E-state index is 13.6. The average molecular weight is 440 g/mol. The Hall–Kier alpha value is -3.97. The van der Waals surface area contributed by atoms with Crippen LogP contribution < -0.4 is 15.1 Å². The van der Waals surface area contributed by atoms with Gasteiger partial charge in [-0.15, -0.1) is 0 Å². The molecule has 0 radical (unpaired) electrons. The maximum Gasteiger partial charge on any atom is 0.297 e. The van der Waals surface area contributed by atoms with Crippen molar-refractivity contribution in [1.82, 2.24) is 4.98 Å². The SMILES string of the molecule is COc1ccc2nc(N3C(=O)c4oc5ccccc5c(=O)c4[C@@H]3c3ccccc3)sc2c1. The van der Waals surface area contributed by atoms with Gasteiger partial charge in [0.2, 0.25) is 5.76 Å². The van der Waals surface area contributed by atoms with Gasteiger partial charge in [-0.05, 0) is 35.9 Å². The van der Waals surface area contributed by atoms with Crippen LogP contribution in [-0.2, 0) is 0 Å². The average Bonchev–Trinajstić information content (AvgIpc) is 3.38. The van der Waals surface area contributed by atoms with Crippen LogP contribution in [0.1, 0.15) is 27.7 Å². The van der Waals surface area contributed by atoms with E-state index in [2.05, 4.69) is 0 Å². The highest BCUT2D eigenvalue weighted by Crippen LogP contribution is 2.43. The molecule has 2 aromatic heterocycles. The molecule has 6 nitrogen and oxygen atoms in total. The number of methoxy groups -OCH3 is 1. The molecule has 0 saturated heterocycles. The van der Waals surface area contributed by atoms with Crippen LogP contribution >= 0.6 is 11.3 Å². The van der Waals surface area contributed by atoms with Crippen molar-refractivity contribution in [1.29, 1.82) is 0 Å². The number of benzene rings is 3. The normalized spacial score (nSPS) is 15.5. The number of rotatable bonds is 3. The molecule has 1 amide bonds. The van der Waals surface area contributed by atoms with Gasteiger partial charge in [0.15, 0.2) is 10.6 Å². The Bertz CT molecular complexity index is 1570. The second-order valence-electron chi connectivity index (χ2n) is 7.49. The van der Waals surface area contributed by atoms with Gasteiger partial charge in [0, 0.05) is 0 Å². The van der Waals surface area contributed by atoms with Crippen LogP contribution in [0.15, 0.2) is 82.0 Å². The molecule has 7 heteroatoms. The molecule has 3 aromatic carbocycles. The Morgan fingerprint density at radius 2 is 1.78 bits per heavy atom. The topological polar surface area (TPSA) is 72.6 Å². The maximum absolute atomic E-state index is 13.6. The minimum absolute atomic E-state index is 0.0689. The van der Waals surface area contributed by atoms with Gasteiger partial charge in [0.25, 0.3) is 5.91 Å². The van der Waals surface area contributed by atoms with E-state index in [-0.39, 0.29) is 17.1 Å². The van der Waals surface area contributed by atoms with Gasteiger partial charge in [-0.2, -0.15) is 0 Å². The number of amides is 1. The van der Waals surface area contributed by atoms with Crippen LogP contribution in [0.3, 0.4) is 0 Å². The van der Waals surface area contributed by atoms with Gasteiger partial charge in [-0.3, -0.25) is 14.5 Å². The van der Waals surface area contributed by atoms with E-state index in [1.807, 2.05) is 48.5 Å². The first-order chi connectivity index (χ1) is 15.7. The fourth-order valence-corrected chi connectivity index (χ4v) is 5.21. The van der Waals surface area contributed by atoms with Crippen LogP contribution in [0.4, 0.5) is 5.13 Å². The number of aromatic nitrogens is 1. The zero-order chi connectivity index (χ0) is 21.8. The van der Waals surface area contributed by atoms with E-state index in [9.17, 15) is 9.59 Å². The molecule has 0 spiro atoms. The van der Waals surface area contributed by atoms with E-state index in [1.165, 1.54) is 11.3 Å². The number of nitrogens with zero attached hydrogens (tertiary/aromatic N) is 2. The second-order valence-corrected chi connectivity index (χ2v) is 8.50. The van der Waals surface area contributed by atoms with Gasteiger partial charge in [-0.25, -0.2) is 4.98 Å². The van der Waals surface area contributed by atoms with Gasteiger partial charge >= 0.3 is 0 Å². The smallest absolute Gasteiger partial charge is 0.297 e. The van der Waals surface area contributed by atoms with Crippen LogP contribution in [0.5, 0.6) is 5.75 Å². The number of para-hydroxylation sites is 1. The number of carbonyl (C=O) groups is 1. The number of fused-ring (bicyclic) bond motifs is 3. The van der Waals surface area contributed by atoms with Gasteiger partial charge < -0.3 is 9.15 Å². The molecule has 0 saturated carbocycles. The summed E-state index contributed by atoms with van der Waals surface area (Å²) in [7, 11) is 1.61. The molecule has 0 unspecified atom stereocenters. The van der Waals surface area contributed by atoms with Crippen LogP contribution in [0.25, 0.3) is 21.2 Å². The van der Waals surface area contributed by atoms with E-state index in [0.29, 0.717) is 27.4 Å². The second kappa shape index (κ2) is 7.03. The van der Waals surface area contributed by atoms with Gasteiger partial charge in [0.05, 0.1) is 34.3 Å². The molecule has 3 heterocycles. The first-order valence-corrected chi connectivity index (χ1v) is 10.9. The molecular weight excluding hydrogens is 424 g/mol. The molecule has 0 N–H and O–H groups in total. The van der Waals surface area contributed by atoms with Crippen molar-refractivity contribution in [3.8, 4) is 5.75 Å². The number of carbonyl (C=O) groups excluding carboxylic acids is 1. The quantitative estimate of drug-likeness (QED) is 0.387. The third kappa shape index (κ3) is 2.68. The zero-order valence-electron chi connectivity index (χ0n) is 16.9. The lowest BCUT2D eigenvalue weighted by molar-refractivity contribution is 0.0971. The summed E-state index contributed by atoms with van der Waals surface area (Å²) < 4.78 is 12.2. The van der Waals surface area contributed by atoms with Crippen molar-refractivity contribution in [3.63, 3.8) is 0 Å². The third-order valence-electron chi connectivity index (χ3n) is 5.68. The molecule has 0 aliphatic carbocycles. The molecule has 156 valence electrons. The van der Waals surface area contributed by atoms with E-state index in [1.54, 1.807) is 36.3 Å². The molecule has 32 heavy (non-hydrogen) atoms. The zero-order valence-corrected chi connectivity index (χ0v) is 17.8. The number of ether oxygens (including phenoxy) is 1. The Balaban J connectivity index is 1.62. The minimum Gasteiger partial charge on any atom is -0.497 e. The highest BCUT2D eigenvalue weighted by atomic mass is 32.1. The Morgan fingerprint density at radius 1 is 1.00 bits per heavy atom. The van der Waals surface area contributed by atoms with Crippen molar-refractivity contribution < 1.29 is 13.9 Å². The number of anilines is 1. The first kappa shape index (κ1) is 18.8. The summed E-state index contributed by atoms with van der Waals surface area (Å²) in [5, 5.41) is 0.956. The van der Waals surface area contributed by atoms with E-state index >= 15 is 0 Å². The number of hydrogen-bond acceptors (Lipinski definition) is 6. The van der Waals surface area contributed by atoms with Crippen molar-refractivity contribution >= 4 is 43.6 Å². The summed E-state index contributed by atoms with van der Waals surface area (Å²) in [5.41, 5.74) is 2.11. The fourth-order valence-electron chi connectivity index (χ4n) is 4.19. The molecule has 1 aliphatic rings. The Labute approximate surface area is 186 Å². The first-order valence-electron chi connectivity index (χ1n) is 10.0. The van der Waals surface area contributed by atoms with Crippen LogP contribution in [0.2, 0.25) is 0 Å². The molecule has 0 bridgehead atoms. The number of hydrogen-bond donors (Lipinski definition) is 0. The van der Waals surface area contributed by atoms with E-state index in [4.69, 9.17) is 14.1 Å². The van der Waals surface area contributed by atoms with E-state index < -0.39 is 6.04 Å². The number of thiazole rings is 1. The lowest BCUT2D eigenvalue weighted by atomic mass is 9.99. The summed E-state index contributed by atoms with van der Waals surface area (Å²) in [6.45, 7) is 0. The Morgan fingerprint density at radius 3 is 2.59 bits per heavy atom. The summed E-state index contributed by atoms with van der Waals surface area (Å²) in [4.78, 5) is 33.4. The molecule has 6 rings (SSSR count). The lowest BCUT2D eigenvalue weighted by Crippen LogP contribution is -2.29. The van der Waals surface area contributed by atoms with Crippen molar-refractivity contribution in [2.45, 2.75) is 6.04 Å². The molecule has 1 atom stereocenters. The summed E-state index contributed by atoms with van der Waals surface area (Å²) in [5.74, 6) is 0.411. The van der Waals surface area contributed by atoms with Crippen LogP contribution in [-0.4, -0.2) is 18.0 Å². The molecular formula is C25H16N2O4S. The molecule has 5 aromatic rings. The predicted molar refractivity (Wildman–Crippen MR) is 124 cm³/mol. The molecule has 1 aliphatic heterocycles. The highest BCUT2D eigenvalue weighted by Gasteiger charge is 2.44. The highest BCUT2D eigenvalue weighted by molar-refractivity contribution is 7.22. The lowest BCUT2D eigenvalue weighted by Gasteiger charge is -2.22. The van der Waals surface area contributed by atoms with Crippen molar-refractivity contribution in [3.05, 3.63) is 99.9 Å². The third-order valence-corrected chi connectivity index (χ3v) is 6.70. The largest absolute Gasteiger partial charge is 0.497 e. The standard InChI is InChI=1S/C25H16N2O4S/c1-30-15-11-12-17-19(13-15)32-25(26-17)27-21(14-7-3-2-4-8-14)20-22(28)16-9-5-6-10-18(16)31-23(20)24(27)29/h2-13,21H,1H3/t21-/m0/s1. The van der Waals surface area contributed by atoms with Gasteiger partial charge in [-0.1, -0.05) is 53.8 Å². The summed E-state index contributed by atoms with van der Waals surface area (Å²) >= 11 is 1.38. The molecule has 0 fully saturated rings. The fraction of sp³-hybridized carbons (Fsp3) is 0.0800. The monoisotopic (exact) mass is 440 g/mol. The minimum atomic E-state index is -0.623. The van der Waals surface area contributed by atoms with E-state index in [0.717, 1.165) is 15.8 Å². The van der Waals surface area contributed by atoms with Gasteiger partial charge in [0.1, 0.15) is 11.3 Å². The van der Waals surface area contributed by atoms with Crippen molar-refractivity contribution in [2.24, 2.45) is 0 Å². The summed E-state index contributed by atoms with van der Waals surface area (Å²) in [6.07, 6.45) is 0. The van der Waals surface area contributed by atoms with Crippen LogP contribution in [0, 0.1) is 0 Å². The summed E-state index contributed by atoms with van der Waals surface area (Å²) in [6, 6.07) is 21.5. The van der Waals surface area contributed by atoms with Crippen molar-refractivity contribution in [2.75, 3.05) is 12.0 Å². The Kier molecular flexibility index (Phi) is 4.13.